The lowest BCUT2D eigenvalue weighted by Crippen LogP contribution is -2.32. The van der Waals surface area contributed by atoms with E-state index in [-0.39, 0.29) is 0 Å². The van der Waals surface area contributed by atoms with Gasteiger partial charge in [0, 0.05) is 24.7 Å². The number of unbranched alkanes of at least 4 members (excludes halogenated alkanes) is 1. The van der Waals surface area contributed by atoms with Crippen LogP contribution in [-0.2, 0) is 16.1 Å². The van der Waals surface area contributed by atoms with Gasteiger partial charge in [0.2, 0.25) is 0 Å². The van der Waals surface area contributed by atoms with Gasteiger partial charge in [-0.3, -0.25) is 0 Å². The van der Waals surface area contributed by atoms with E-state index in [4.69, 9.17) is 21.1 Å². The van der Waals surface area contributed by atoms with Crippen molar-refractivity contribution in [2.45, 2.75) is 32.5 Å². The first-order valence-electron chi connectivity index (χ1n) is 7.51. The Labute approximate surface area is 132 Å². The van der Waals surface area contributed by atoms with Gasteiger partial charge in [-0.1, -0.05) is 37.1 Å². The minimum Gasteiger partial charge on any atom is -0.389 e. The SMILES string of the molecule is CCCCOCCNCC(O)COCc1ccc(Cl)cc1. The van der Waals surface area contributed by atoms with Gasteiger partial charge in [0.05, 0.1) is 25.9 Å². The maximum atomic E-state index is 9.76. The molecule has 0 aliphatic rings. The van der Waals surface area contributed by atoms with Crippen LogP contribution in [0.15, 0.2) is 24.3 Å². The van der Waals surface area contributed by atoms with Crippen LogP contribution in [0.4, 0.5) is 0 Å². The van der Waals surface area contributed by atoms with Crippen molar-refractivity contribution in [3.05, 3.63) is 34.9 Å². The lowest BCUT2D eigenvalue weighted by Gasteiger charge is -2.12. The van der Waals surface area contributed by atoms with Crippen LogP contribution in [0, 0.1) is 0 Å². The molecule has 1 unspecified atom stereocenters. The van der Waals surface area contributed by atoms with E-state index in [0.29, 0.717) is 31.4 Å². The number of aliphatic hydroxyl groups is 1. The van der Waals surface area contributed by atoms with Crippen molar-refractivity contribution in [3.63, 3.8) is 0 Å². The molecular weight excluding hydrogens is 290 g/mol. The number of ether oxygens (including phenoxy) is 2. The minimum absolute atomic E-state index is 0.312. The average Bonchev–Trinajstić information content (AvgIpc) is 2.48. The third-order valence-electron chi connectivity index (χ3n) is 2.94. The molecule has 0 saturated heterocycles. The molecule has 1 atom stereocenters. The van der Waals surface area contributed by atoms with Crippen molar-refractivity contribution in [2.75, 3.05) is 32.9 Å². The highest BCUT2D eigenvalue weighted by Crippen LogP contribution is 2.10. The fourth-order valence-electron chi connectivity index (χ4n) is 1.71. The van der Waals surface area contributed by atoms with Gasteiger partial charge in [0.25, 0.3) is 0 Å². The third-order valence-corrected chi connectivity index (χ3v) is 3.19. The molecule has 0 radical (unpaired) electrons. The summed E-state index contributed by atoms with van der Waals surface area (Å²) in [5.41, 5.74) is 1.05. The largest absolute Gasteiger partial charge is 0.389 e. The number of rotatable bonds is 12. The molecule has 0 aliphatic heterocycles. The van der Waals surface area contributed by atoms with Crippen LogP contribution in [0.1, 0.15) is 25.3 Å². The molecule has 120 valence electrons. The van der Waals surface area contributed by atoms with E-state index >= 15 is 0 Å². The zero-order valence-electron chi connectivity index (χ0n) is 12.7. The molecule has 4 nitrogen and oxygen atoms in total. The van der Waals surface area contributed by atoms with Crippen molar-refractivity contribution in [3.8, 4) is 0 Å². The fourth-order valence-corrected chi connectivity index (χ4v) is 1.84. The zero-order valence-corrected chi connectivity index (χ0v) is 13.4. The van der Waals surface area contributed by atoms with Crippen molar-refractivity contribution < 1.29 is 14.6 Å². The molecular formula is C16H26ClNO3. The predicted octanol–water partition coefficient (Wildman–Crippen LogP) is 2.62. The topological polar surface area (TPSA) is 50.7 Å². The number of benzene rings is 1. The summed E-state index contributed by atoms with van der Waals surface area (Å²) in [4.78, 5) is 0. The summed E-state index contributed by atoms with van der Waals surface area (Å²) in [5, 5.41) is 13.6. The summed E-state index contributed by atoms with van der Waals surface area (Å²) in [5.74, 6) is 0. The molecule has 1 rings (SSSR count). The summed E-state index contributed by atoms with van der Waals surface area (Å²) < 4.78 is 10.9. The second-order valence-corrected chi connectivity index (χ2v) is 5.40. The van der Waals surface area contributed by atoms with E-state index in [2.05, 4.69) is 12.2 Å². The number of aliphatic hydroxyl groups excluding tert-OH is 1. The molecule has 0 heterocycles. The maximum Gasteiger partial charge on any atom is 0.0897 e. The Morgan fingerprint density at radius 1 is 1.19 bits per heavy atom. The van der Waals surface area contributed by atoms with Gasteiger partial charge in [0.1, 0.15) is 0 Å². The van der Waals surface area contributed by atoms with Crippen molar-refractivity contribution in [1.82, 2.24) is 5.32 Å². The Bertz CT molecular complexity index is 359. The predicted molar refractivity (Wildman–Crippen MR) is 85.7 cm³/mol. The Hall–Kier alpha value is -0.650. The highest BCUT2D eigenvalue weighted by atomic mass is 35.5. The number of hydrogen-bond donors (Lipinski definition) is 2. The lowest BCUT2D eigenvalue weighted by molar-refractivity contribution is 0.0277. The summed E-state index contributed by atoms with van der Waals surface area (Å²) in [7, 11) is 0. The van der Waals surface area contributed by atoms with E-state index in [0.717, 1.165) is 31.6 Å². The smallest absolute Gasteiger partial charge is 0.0897 e. The van der Waals surface area contributed by atoms with Gasteiger partial charge >= 0.3 is 0 Å². The van der Waals surface area contributed by atoms with Crippen LogP contribution in [0.2, 0.25) is 5.02 Å². The van der Waals surface area contributed by atoms with E-state index < -0.39 is 6.10 Å². The Balaban J connectivity index is 1.96. The first-order valence-corrected chi connectivity index (χ1v) is 7.89. The molecule has 0 aromatic heterocycles. The van der Waals surface area contributed by atoms with Crippen molar-refractivity contribution >= 4 is 11.6 Å². The van der Waals surface area contributed by atoms with Gasteiger partial charge in [-0.15, -0.1) is 0 Å². The number of nitrogens with one attached hydrogen (secondary N) is 1. The quantitative estimate of drug-likeness (QED) is 0.582. The lowest BCUT2D eigenvalue weighted by atomic mass is 10.2. The Morgan fingerprint density at radius 3 is 2.67 bits per heavy atom. The molecule has 2 N–H and O–H groups in total. The van der Waals surface area contributed by atoms with E-state index in [9.17, 15) is 5.11 Å². The van der Waals surface area contributed by atoms with Gasteiger partial charge in [-0.25, -0.2) is 0 Å². The van der Waals surface area contributed by atoms with Crippen LogP contribution in [0.3, 0.4) is 0 Å². The summed E-state index contributed by atoms with van der Waals surface area (Å²) in [6.45, 7) is 5.68. The molecule has 0 spiro atoms. The molecule has 1 aromatic carbocycles. The zero-order chi connectivity index (χ0) is 15.3. The van der Waals surface area contributed by atoms with Crippen LogP contribution < -0.4 is 5.32 Å². The molecule has 21 heavy (non-hydrogen) atoms. The molecule has 1 aromatic rings. The summed E-state index contributed by atoms with van der Waals surface area (Å²) >= 11 is 5.81. The van der Waals surface area contributed by atoms with Crippen molar-refractivity contribution in [1.29, 1.82) is 0 Å². The van der Waals surface area contributed by atoms with Gasteiger partial charge in [0.15, 0.2) is 0 Å². The van der Waals surface area contributed by atoms with Crippen LogP contribution in [0.25, 0.3) is 0 Å². The molecule has 0 fully saturated rings. The number of halogens is 1. The molecule has 0 aliphatic carbocycles. The molecule has 5 heteroatoms. The highest BCUT2D eigenvalue weighted by molar-refractivity contribution is 6.30. The first kappa shape index (κ1) is 18.4. The molecule has 0 amide bonds. The minimum atomic E-state index is -0.507. The monoisotopic (exact) mass is 315 g/mol. The normalized spacial score (nSPS) is 12.5. The van der Waals surface area contributed by atoms with Gasteiger partial charge in [-0.05, 0) is 24.1 Å². The summed E-state index contributed by atoms with van der Waals surface area (Å²) in [6, 6.07) is 7.49. The Morgan fingerprint density at radius 2 is 1.95 bits per heavy atom. The van der Waals surface area contributed by atoms with Gasteiger partial charge < -0.3 is 19.9 Å². The van der Waals surface area contributed by atoms with E-state index in [1.165, 1.54) is 0 Å². The standard InChI is InChI=1S/C16H26ClNO3/c1-2-3-9-20-10-8-18-11-16(19)13-21-12-14-4-6-15(17)7-5-14/h4-7,16,18-19H,2-3,8-13H2,1H3. The maximum absolute atomic E-state index is 9.76. The van der Waals surface area contributed by atoms with E-state index in [1.54, 1.807) is 0 Å². The second kappa shape index (κ2) is 12.0. The Kier molecular flexibility index (Phi) is 10.5. The first-order chi connectivity index (χ1) is 10.2. The van der Waals surface area contributed by atoms with Crippen LogP contribution in [0.5, 0.6) is 0 Å². The second-order valence-electron chi connectivity index (χ2n) is 4.97. The van der Waals surface area contributed by atoms with Crippen LogP contribution >= 0.6 is 11.6 Å². The van der Waals surface area contributed by atoms with E-state index in [1.807, 2.05) is 24.3 Å². The number of hydrogen-bond acceptors (Lipinski definition) is 4. The summed E-state index contributed by atoms with van der Waals surface area (Å²) in [6.07, 6.45) is 1.74. The van der Waals surface area contributed by atoms with Gasteiger partial charge in [-0.2, -0.15) is 0 Å². The molecule has 0 saturated carbocycles. The highest BCUT2D eigenvalue weighted by Gasteiger charge is 2.04. The molecule has 0 bridgehead atoms. The van der Waals surface area contributed by atoms with Crippen molar-refractivity contribution in [2.24, 2.45) is 0 Å². The third kappa shape index (κ3) is 9.82. The fraction of sp³-hybridized carbons (Fsp3) is 0.625. The van der Waals surface area contributed by atoms with Crippen LogP contribution in [-0.4, -0.2) is 44.1 Å². The average molecular weight is 316 g/mol.